The summed E-state index contributed by atoms with van der Waals surface area (Å²) in [7, 11) is 0. The third-order valence-electron chi connectivity index (χ3n) is 3.63. The fourth-order valence-electron chi connectivity index (χ4n) is 2.41. The van der Waals surface area contributed by atoms with Gasteiger partial charge in [-0.2, -0.15) is 0 Å². The average molecular weight is 361 g/mol. The third-order valence-corrected chi connectivity index (χ3v) is 3.63. The van der Waals surface area contributed by atoms with Gasteiger partial charge in [0.05, 0.1) is 0 Å². The lowest BCUT2D eigenvalue weighted by atomic mass is 9.80. The van der Waals surface area contributed by atoms with E-state index in [0.29, 0.717) is 5.56 Å². The van der Waals surface area contributed by atoms with Gasteiger partial charge in [0.15, 0.2) is 0 Å². The minimum Gasteiger partial charge on any atom is -0.401 e. The second kappa shape index (κ2) is 7.43. The van der Waals surface area contributed by atoms with Crippen LogP contribution in [-0.2, 0) is 15.3 Å². The van der Waals surface area contributed by atoms with E-state index in [9.17, 15) is 14.0 Å². The first-order valence-electron chi connectivity index (χ1n) is 7.84. The number of carbonyl (C=O) groups excluding carboxylic acids is 2. The van der Waals surface area contributed by atoms with Crippen molar-refractivity contribution in [2.24, 2.45) is 11.1 Å². The molecule has 0 radical (unpaired) electrons. The molecule has 7 heteroatoms. The summed E-state index contributed by atoms with van der Waals surface area (Å²) in [6.07, 6.45) is -2.24. The number of hydrogen-bond acceptors (Lipinski definition) is 5. The first-order chi connectivity index (χ1) is 12.1. The molecule has 0 heterocycles. The number of rotatable bonds is 4. The van der Waals surface area contributed by atoms with Gasteiger partial charge < -0.3 is 19.9 Å². The molecule has 0 saturated carbocycles. The molecule has 0 spiro atoms. The number of hydrogen-bond donors (Lipinski definition) is 1. The molecule has 0 aliphatic heterocycles. The Hall–Kier alpha value is -3.09. The number of nitrogens with two attached hydrogens (primary N) is 1. The smallest absolute Gasteiger partial charge is 0.401 e. The molecule has 2 N–H and O–H groups in total. The monoisotopic (exact) mass is 361 g/mol. The standard InChI is InChI=1S/C19H20FNO5/c1-18(2,3)19(25-16(21)22,13-7-5-4-6-8-13)26-17(23)24-15-11-9-14(20)10-12-15/h4-12H,1-3H3,(H2,21,22). The summed E-state index contributed by atoms with van der Waals surface area (Å²) in [5.41, 5.74) is 4.74. The van der Waals surface area contributed by atoms with Crippen LogP contribution in [0.3, 0.4) is 0 Å². The zero-order chi connectivity index (χ0) is 19.4. The summed E-state index contributed by atoms with van der Waals surface area (Å²) < 4.78 is 28.8. The van der Waals surface area contributed by atoms with E-state index in [-0.39, 0.29) is 5.75 Å². The molecule has 1 amide bonds. The van der Waals surface area contributed by atoms with Gasteiger partial charge in [0.1, 0.15) is 11.6 Å². The second-order valence-corrected chi connectivity index (χ2v) is 6.56. The van der Waals surface area contributed by atoms with Crippen LogP contribution in [0.5, 0.6) is 5.75 Å². The van der Waals surface area contributed by atoms with Crippen molar-refractivity contribution in [1.82, 2.24) is 0 Å². The molecule has 6 nitrogen and oxygen atoms in total. The quantitative estimate of drug-likeness (QED) is 0.497. The van der Waals surface area contributed by atoms with Gasteiger partial charge in [-0.15, -0.1) is 0 Å². The molecule has 0 aliphatic rings. The highest BCUT2D eigenvalue weighted by atomic mass is 19.1. The average Bonchev–Trinajstić information content (AvgIpc) is 2.55. The number of carbonyl (C=O) groups is 2. The van der Waals surface area contributed by atoms with Crippen molar-refractivity contribution in [3.63, 3.8) is 0 Å². The van der Waals surface area contributed by atoms with Crippen LogP contribution in [0, 0.1) is 11.2 Å². The molecule has 0 fully saturated rings. The number of primary amides is 1. The largest absolute Gasteiger partial charge is 0.517 e. The lowest BCUT2D eigenvalue weighted by Crippen LogP contribution is -2.49. The van der Waals surface area contributed by atoms with Crippen molar-refractivity contribution in [1.29, 1.82) is 0 Å². The number of halogens is 1. The molecular weight excluding hydrogens is 341 g/mol. The maximum Gasteiger partial charge on any atom is 0.517 e. The summed E-state index contributed by atoms with van der Waals surface area (Å²) in [4.78, 5) is 23.9. The SMILES string of the molecule is CC(C)(C)C(OC(N)=O)(OC(=O)Oc1ccc(F)cc1)c1ccccc1. The Bertz CT molecular complexity index is 771. The van der Waals surface area contributed by atoms with E-state index in [1.54, 1.807) is 51.1 Å². The molecule has 1 atom stereocenters. The van der Waals surface area contributed by atoms with Crippen molar-refractivity contribution in [2.75, 3.05) is 0 Å². The third kappa shape index (κ3) is 4.30. The van der Waals surface area contributed by atoms with Gasteiger partial charge in [-0.3, -0.25) is 0 Å². The molecule has 0 bridgehead atoms. The Morgan fingerprint density at radius 2 is 1.50 bits per heavy atom. The van der Waals surface area contributed by atoms with Gasteiger partial charge in [0, 0.05) is 11.0 Å². The Kier molecular flexibility index (Phi) is 5.50. The molecule has 26 heavy (non-hydrogen) atoms. The minimum atomic E-state index is -1.82. The van der Waals surface area contributed by atoms with Crippen LogP contribution in [0.15, 0.2) is 54.6 Å². The normalized spacial score (nSPS) is 13.4. The van der Waals surface area contributed by atoms with E-state index >= 15 is 0 Å². The van der Waals surface area contributed by atoms with E-state index in [0.717, 1.165) is 12.1 Å². The maximum atomic E-state index is 13.0. The predicted octanol–water partition coefficient (Wildman–Crippen LogP) is 4.34. The van der Waals surface area contributed by atoms with Gasteiger partial charge in [0.25, 0.3) is 5.79 Å². The highest BCUT2D eigenvalue weighted by Gasteiger charge is 2.51. The van der Waals surface area contributed by atoms with E-state index in [4.69, 9.17) is 19.9 Å². The van der Waals surface area contributed by atoms with Gasteiger partial charge in [-0.05, 0) is 24.3 Å². The Morgan fingerprint density at radius 3 is 2.00 bits per heavy atom. The van der Waals surface area contributed by atoms with Crippen LogP contribution in [-0.4, -0.2) is 12.2 Å². The first kappa shape index (κ1) is 19.2. The lowest BCUT2D eigenvalue weighted by molar-refractivity contribution is -0.238. The zero-order valence-corrected chi connectivity index (χ0v) is 14.7. The van der Waals surface area contributed by atoms with Crippen molar-refractivity contribution >= 4 is 12.2 Å². The Labute approximate surface area is 150 Å². The van der Waals surface area contributed by atoms with Gasteiger partial charge in [-0.25, -0.2) is 14.0 Å². The van der Waals surface area contributed by atoms with Crippen LogP contribution in [0.4, 0.5) is 14.0 Å². The molecule has 2 aromatic carbocycles. The topological polar surface area (TPSA) is 87.9 Å². The van der Waals surface area contributed by atoms with E-state index in [1.165, 1.54) is 12.1 Å². The molecule has 0 aliphatic carbocycles. The molecular formula is C19H20FNO5. The summed E-state index contributed by atoms with van der Waals surface area (Å²) in [5, 5.41) is 0. The molecule has 138 valence electrons. The van der Waals surface area contributed by atoms with Gasteiger partial charge in [-0.1, -0.05) is 51.1 Å². The van der Waals surface area contributed by atoms with Crippen LogP contribution >= 0.6 is 0 Å². The Balaban J connectivity index is 2.38. The van der Waals surface area contributed by atoms with E-state index in [1.807, 2.05) is 0 Å². The molecule has 2 aromatic rings. The predicted molar refractivity (Wildman–Crippen MR) is 91.8 cm³/mol. The lowest BCUT2D eigenvalue weighted by Gasteiger charge is -2.41. The second-order valence-electron chi connectivity index (χ2n) is 6.56. The van der Waals surface area contributed by atoms with E-state index < -0.39 is 29.3 Å². The molecule has 1 unspecified atom stereocenters. The number of amides is 1. The van der Waals surface area contributed by atoms with Crippen LogP contribution in [0.2, 0.25) is 0 Å². The highest BCUT2D eigenvalue weighted by molar-refractivity contribution is 5.68. The zero-order valence-electron chi connectivity index (χ0n) is 14.7. The van der Waals surface area contributed by atoms with Crippen molar-refractivity contribution < 1.29 is 28.2 Å². The molecule has 0 aromatic heterocycles. The summed E-state index contributed by atoms with van der Waals surface area (Å²) in [5.74, 6) is -2.22. The number of ether oxygens (including phenoxy) is 3. The molecule has 2 rings (SSSR count). The molecule has 0 saturated heterocycles. The van der Waals surface area contributed by atoms with Crippen LogP contribution < -0.4 is 10.5 Å². The summed E-state index contributed by atoms with van der Waals surface area (Å²) >= 11 is 0. The van der Waals surface area contributed by atoms with Crippen LogP contribution in [0.1, 0.15) is 26.3 Å². The maximum absolute atomic E-state index is 13.0. The van der Waals surface area contributed by atoms with E-state index in [2.05, 4.69) is 0 Å². The number of benzene rings is 2. The van der Waals surface area contributed by atoms with Crippen molar-refractivity contribution in [3.05, 3.63) is 66.0 Å². The summed E-state index contributed by atoms with van der Waals surface area (Å²) in [6, 6.07) is 13.3. The minimum absolute atomic E-state index is 0.0753. The van der Waals surface area contributed by atoms with Crippen molar-refractivity contribution in [2.45, 2.75) is 26.6 Å². The van der Waals surface area contributed by atoms with Crippen LogP contribution in [0.25, 0.3) is 0 Å². The first-order valence-corrected chi connectivity index (χ1v) is 7.84. The van der Waals surface area contributed by atoms with Gasteiger partial charge in [0.2, 0.25) is 0 Å². The fraction of sp³-hybridized carbons (Fsp3) is 0.263. The van der Waals surface area contributed by atoms with Gasteiger partial charge >= 0.3 is 12.2 Å². The fourth-order valence-corrected chi connectivity index (χ4v) is 2.41. The highest BCUT2D eigenvalue weighted by Crippen LogP contribution is 2.44. The summed E-state index contributed by atoms with van der Waals surface area (Å²) in [6.45, 7) is 5.15. The van der Waals surface area contributed by atoms with Crippen molar-refractivity contribution in [3.8, 4) is 5.75 Å². The Morgan fingerprint density at radius 1 is 0.923 bits per heavy atom.